The second kappa shape index (κ2) is 8.44. The molecule has 2 heterocycles. The highest BCUT2D eigenvalue weighted by atomic mass is 16.1. The molecule has 0 aliphatic heterocycles. The van der Waals surface area contributed by atoms with Crippen molar-refractivity contribution in [3.8, 4) is 5.82 Å². The van der Waals surface area contributed by atoms with E-state index in [9.17, 15) is 4.79 Å². The highest BCUT2D eigenvalue weighted by Gasteiger charge is 2.00. The monoisotopic (exact) mass is 333 g/mol. The van der Waals surface area contributed by atoms with Crippen LogP contribution in [0.4, 0.5) is 5.82 Å². The van der Waals surface area contributed by atoms with Crippen molar-refractivity contribution in [1.29, 1.82) is 0 Å². The van der Waals surface area contributed by atoms with E-state index in [1.807, 2.05) is 65.5 Å². The van der Waals surface area contributed by atoms with Gasteiger partial charge in [0.05, 0.1) is 0 Å². The molecule has 3 rings (SSSR count). The van der Waals surface area contributed by atoms with E-state index in [-0.39, 0.29) is 5.91 Å². The molecule has 0 saturated heterocycles. The van der Waals surface area contributed by atoms with Crippen molar-refractivity contribution < 1.29 is 4.79 Å². The van der Waals surface area contributed by atoms with Gasteiger partial charge in [0.2, 0.25) is 5.91 Å². The number of nitrogens with one attached hydrogen (secondary N) is 2. The third-order valence-corrected chi connectivity index (χ3v) is 3.48. The zero-order chi connectivity index (χ0) is 17.3. The number of nitrogens with zero attached hydrogens (tertiary/aromatic N) is 3. The van der Waals surface area contributed by atoms with Gasteiger partial charge < -0.3 is 15.2 Å². The largest absolute Gasteiger partial charge is 0.368 e. The van der Waals surface area contributed by atoms with Gasteiger partial charge in [-0.2, -0.15) is 0 Å². The lowest BCUT2D eigenvalue weighted by Gasteiger charge is -2.07. The predicted octanol–water partition coefficient (Wildman–Crippen LogP) is 2.51. The van der Waals surface area contributed by atoms with Gasteiger partial charge in [-0.15, -0.1) is 0 Å². The van der Waals surface area contributed by atoms with E-state index >= 15 is 0 Å². The van der Waals surface area contributed by atoms with E-state index in [0.717, 1.165) is 11.4 Å². The number of rotatable bonds is 7. The van der Waals surface area contributed by atoms with Crippen molar-refractivity contribution in [2.75, 3.05) is 18.4 Å². The minimum absolute atomic E-state index is 0.124. The second-order valence-corrected chi connectivity index (χ2v) is 5.31. The standard InChI is InChI=1S/C19H19N5O/c25-19(9-8-16-6-2-1-3-7-16)21-11-10-20-17-14-18(23-15-22-17)24-12-4-5-13-24/h1-9,12-15H,10-11H2,(H,21,25)(H,20,22,23). The van der Waals surface area contributed by atoms with Crippen molar-refractivity contribution in [2.24, 2.45) is 0 Å². The van der Waals surface area contributed by atoms with E-state index in [2.05, 4.69) is 20.6 Å². The highest BCUT2D eigenvalue weighted by molar-refractivity contribution is 5.91. The molecule has 0 aliphatic carbocycles. The maximum Gasteiger partial charge on any atom is 0.244 e. The lowest BCUT2D eigenvalue weighted by molar-refractivity contribution is -0.116. The summed E-state index contributed by atoms with van der Waals surface area (Å²) in [5.74, 6) is 1.38. The number of benzene rings is 1. The molecule has 0 radical (unpaired) electrons. The Kier molecular flexibility index (Phi) is 5.56. The number of aromatic nitrogens is 3. The summed E-state index contributed by atoms with van der Waals surface area (Å²) >= 11 is 0. The summed E-state index contributed by atoms with van der Waals surface area (Å²) in [6, 6.07) is 15.4. The molecule has 2 N–H and O–H groups in total. The number of amides is 1. The molecule has 1 amide bonds. The van der Waals surface area contributed by atoms with Crippen LogP contribution in [0.1, 0.15) is 5.56 Å². The minimum atomic E-state index is -0.124. The Morgan fingerprint density at radius 2 is 1.84 bits per heavy atom. The van der Waals surface area contributed by atoms with Gasteiger partial charge >= 0.3 is 0 Å². The third-order valence-electron chi connectivity index (χ3n) is 3.48. The van der Waals surface area contributed by atoms with Crippen molar-refractivity contribution >= 4 is 17.8 Å². The first-order valence-electron chi connectivity index (χ1n) is 8.01. The number of hydrogen-bond acceptors (Lipinski definition) is 4. The fourth-order valence-corrected chi connectivity index (χ4v) is 2.24. The predicted molar refractivity (Wildman–Crippen MR) is 98.3 cm³/mol. The van der Waals surface area contributed by atoms with Crippen LogP contribution in [0.15, 0.2) is 73.3 Å². The Morgan fingerprint density at radius 3 is 2.64 bits per heavy atom. The Balaban J connectivity index is 1.43. The molecular formula is C19H19N5O. The maximum absolute atomic E-state index is 11.8. The zero-order valence-corrected chi connectivity index (χ0v) is 13.7. The molecule has 25 heavy (non-hydrogen) atoms. The average Bonchev–Trinajstić information content (AvgIpc) is 3.19. The first-order chi connectivity index (χ1) is 12.3. The summed E-state index contributed by atoms with van der Waals surface area (Å²) in [5, 5.41) is 6.00. The summed E-state index contributed by atoms with van der Waals surface area (Å²) in [6.07, 6.45) is 8.68. The van der Waals surface area contributed by atoms with Gasteiger partial charge in [0.1, 0.15) is 18.0 Å². The van der Waals surface area contributed by atoms with Gasteiger partial charge in [-0.3, -0.25) is 4.79 Å². The summed E-state index contributed by atoms with van der Waals surface area (Å²) in [5.41, 5.74) is 0.995. The lowest BCUT2D eigenvalue weighted by Crippen LogP contribution is -2.27. The first-order valence-corrected chi connectivity index (χ1v) is 8.01. The van der Waals surface area contributed by atoms with Crippen LogP contribution in [0.25, 0.3) is 11.9 Å². The summed E-state index contributed by atoms with van der Waals surface area (Å²) in [4.78, 5) is 20.2. The molecule has 2 aromatic heterocycles. The third kappa shape index (κ3) is 5.04. The lowest BCUT2D eigenvalue weighted by atomic mass is 10.2. The van der Waals surface area contributed by atoms with Crippen LogP contribution in [-0.2, 0) is 4.79 Å². The van der Waals surface area contributed by atoms with Crippen molar-refractivity contribution in [3.63, 3.8) is 0 Å². The molecule has 6 nitrogen and oxygen atoms in total. The molecule has 0 spiro atoms. The smallest absolute Gasteiger partial charge is 0.244 e. The van der Waals surface area contributed by atoms with Crippen LogP contribution in [0.3, 0.4) is 0 Å². The number of hydrogen-bond donors (Lipinski definition) is 2. The number of anilines is 1. The highest BCUT2D eigenvalue weighted by Crippen LogP contribution is 2.08. The summed E-state index contributed by atoms with van der Waals surface area (Å²) in [7, 11) is 0. The van der Waals surface area contributed by atoms with Gasteiger partial charge in [0.15, 0.2) is 0 Å². The average molecular weight is 333 g/mol. The zero-order valence-electron chi connectivity index (χ0n) is 13.7. The molecule has 0 fully saturated rings. The van der Waals surface area contributed by atoms with Crippen LogP contribution < -0.4 is 10.6 Å². The molecule has 3 aromatic rings. The number of carbonyl (C=O) groups is 1. The van der Waals surface area contributed by atoms with Crippen LogP contribution in [0.5, 0.6) is 0 Å². The van der Waals surface area contributed by atoms with E-state index in [1.54, 1.807) is 6.08 Å². The van der Waals surface area contributed by atoms with E-state index < -0.39 is 0 Å². The van der Waals surface area contributed by atoms with E-state index in [0.29, 0.717) is 18.9 Å². The second-order valence-electron chi connectivity index (χ2n) is 5.31. The van der Waals surface area contributed by atoms with Crippen LogP contribution in [0.2, 0.25) is 0 Å². The molecule has 0 bridgehead atoms. The van der Waals surface area contributed by atoms with Crippen LogP contribution in [-0.4, -0.2) is 33.5 Å². The molecular weight excluding hydrogens is 314 g/mol. The van der Waals surface area contributed by atoms with Crippen molar-refractivity contribution in [2.45, 2.75) is 0 Å². The fraction of sp³-hybridized carbons (Fsp3) is 0.105. The van der Waals surface area contributed by atoms with E-state index in [4.69, 9.17) is 0 Å². The Labute approximate surface area is 146 Å². The van der Waals surface area contributed by atoms with E-state index in [1.165, 1.54) is 12.4 Å². The number of carbonyl (C=O) groups excluding carboxylic acids is 1. The first kappa shape index (κ1) is 16.4. The minimum Gasteiger partial charge on any atom is -0.368 e. The molecule has 0 aliphatic rings. The Morgan fingerprint density at radius 1 is 1.04 bits per heavy atom. The van der Waals surface area contributed by atoms with Gasteiger partial charge in [-0.25, -0.2) is 9.97 Å². The van der Waals surface area contributed by atoms with Gasteiger partial charge in [0.25, 0.3) is 0 Å². The Bertz CT molecular complexity index is 828. The summed E-state index contributed by atoms with van der Waals surface area (Å²) in [6.45, 7) is 1.08. The topological polar surface area (TPSA) is 71.8 Å². The molecule has 0 saturated carbocycles. The molecule has 0 atom stereocenters. The maximum atomic E-state index is 11.8. The molecule has 6 heteroatoms. The van der Waals surface area contributed by atoms with Crippen LogP contribution >= 0.6 is 0 Å². The summed E-state index contributed by atoms with van der Waals surface area (Å²) < 4.78 is 1.91. The van der Waals surface area contributed by atoms with Gasteiger partial charge in [-0.1, -0.05) is 30.3 Å². The fourth-order valence-electron chi connectivity index (χ4n) is 2.24. The normalized spacial score (nSPS) is 10.7. The van der Waals surface area contributed by atoms with Crippen molar-refractivity contribution in [3.05, 3.63) is 78.9 Å². The van der Waals surface area contributed by atoms with Crippen LogP contribution in [0, 0.1) is 0 Å². The SMILES string of the molecule is O=C(C=Cc1ccccc1)NCCNc1cc(-n2cccc2)ncn1. The quantitative estimate of drug-likeness (QED) is 0.515. The van der Waals surface area contributed by atoms with Gasteiger partial charge in [-0.05, 0) is 23.8 Å². The molecule has 1 aromatic carbocycles. The van der Waals surface area contributed by atoms with Gasteiger partial charge in [0, 0.05) is 37.6 Å². The Hall–Kier alpha value is -3.41. The van der Waals surface area contributed by atoms with Crippen molar-refractivity contribution in [1.82, 2.24) is 19.9 Å². The molecule has 126 valence electrons. The molecule has 0 unspecified atom stereocenters.